The van der Waals surface area contributed by atoms with Gasteiger partial charge in [-0.1, -0.05) is 6.92 Å². The van der Waals surface area contributed by atoms with E-state index < -0.39 is 17.5 Å². The van der Waals surface area contributed by atoms with Crippen molar-refractivity contribution < 1.29 is 19.8 Å². The van der Waals surface area contributed by atoms with Gasteiger partial charge >= 0.3 is 5.97 Å². The van der Waals surface area contributed by atoms with Gasteiger partial charge in [-0.05, 0) is 19.3 Å². The van der Waals surface area contributed by atoms with Gasteiger partial charge in [-0.3, -0.25) is 9.59 Å². The maximum atomic E-state index is 11.5. The first-order valence-electron chi connectivity index (χ1n) is 4.90. The second kappa shape index (κ2) is 4.09. The topological polar surface area (TPSA) is 74.6 Å². The Balaban J connectivity index is 2.48. The van der Waals surface area contributed by atoms with Gasteiger partial charge in [0.25, 0.3) is 0 Å². The fraction of sp³-hybridized carbons (Fsp3) is 0.800. The Morgan fingerprint density at radius 3 is 2.71 bits per heavy atom. The zero-order valence-electron chi connectivity index (χ0n) is 8.32. The average Bonchev–Trinajstić information content (AvgIpc) is 2.33. The zero-order valence-corrected chi connectivity index (χ0v) is 8.32. The third kappa shape index (κ3) is 2.12. The summed E-state index contributed by atoms with van der Waals surface area (Å²) in [7, 11) is 0. The molecule has 0 radical (unpaired) electrons. The van der Waals surface area contributed by atoms with E-state index in [1.54, 1.807) is 6.92 Å². The largest absolute Gasteiger partial charge is 0.481 e. The van der Waals surface area contributed by atoms with Crippen LogP contribution in [0.5, 0.6) is 0 Å². The molecule has 0 aromatic carbocycles. The minimum atomic E-state index is -0.853. The number of carboxylic acid groups (broad SMARTS) is 1. The molecule has 0 heterocycles. The van der Waals surface area contributed by atoms with Gasteiger partial charge in [-0.25, -0.2) is 0 Å². The predicted molar refractivity (Wildman–Crippen MR) is 49.8 cm³/mol. The number of hydrogen-bond donors (Lipinski definition) is 2. The van der Waals surface area contributed by atoms with Crippen LogP contribution in [0.1, 0.15) is 39.0 Å². The molecule has 0 aliphatic heterocycles. The fourth-order valence-electron chi connectivity index (χ4n) is 1.97. The number of carbonyl (C=O) groups excluding carboxylic acids is 1. The number of aliphatic hydroxyl groups is 1. The Labute approximate surface area is 82.9 Å². The molecule has 1 fully saturated rings. The Morgan fingerprint density at radius 1 is 1.64 bits per heavy atom. The summed E-state index contributed by atoms with van der Waals surface area (Å²) in [6.07, 6.45) is 1.33. The minimum absolute atomic E-state index is 0.0651. The molecule has 0 aromatic rings. The first-order chi connectivity index (χ1) is 6.47. The highest BCUT2D eigenvalue weighted by Gasteiger charge is 2.44. The van der Waals surface area contributed by atoms with Gasteiger partial charge in [0, 0.05) is 12.8 Å². The van der Waals surface area contributed by atoms with Crippen LogP contribution in [0.15, 0.2) is 0 Å². The maximum absolute atomic E-state index is 11.5. The molecule has 80 valence electrons. The van der Waals surface area contributed by atoms with Crippen molar-refractivity contribution in [3.05, 3.63) is 0 Å². The zero-order chi connectivity index (χ0) is 10.8. The summed E-state index contributed by atoms with van der Waals surface area (Å²) in [5.74, 6) is -0.788. The standard InChI is InChI=1S/C10H16O4/c1-10(6-2-3-9(13)14)7(11)4-5-8(10)12/h7,11H,2-6H2,1H3,(H,13,14). The number of aliphatic carboxylic acids is 1. The molecular weight excluding hydrogens is 184 g/mol. The summed E-state index contributed by atoms with van der Waals surface area (Å²) in [5, 5.41) is 18.1. The fourth-order valence-corrected chi connectivity index (χ4v) is 1.97. The molecule has 1 aliphatic carbocycles. The van der Waals surface area contributed by atoms with E-state index in [-0.39, 0.29) is 12.2 Å². The normalized spacial score (nSPS) is 32.1. The van der Waals surface area contributed by atoms with Crippen molar-refractivity contribution in [2.45, 2.75) is 45.1 Å². The van der Waals surface area contributed by atoms with E-state index in [9.17, 15) is 14.7 Å². The van der Waals surface area contributed by atoms with Crippen molar-refractivity contribution in [2.24, 2.45) is 5.41 Å². The van der Waals surface area contributed by atoms with E-state index in [2.05, 4.69) is 0 Å². The van der Waals surface area contributed by atoms with E-state index in [1.165, 1.54) is 0 Å². The SMILES string of the molecule is CC1(CCCC(=O)O)C(=O)CCC1O. The summed E-state index contributed by atoms with van der Waals surface area (Å²) in [5.41, 5.74) is -0.699. The molecule has 2 unspecified atom stereocenters. The Kier molecular flexibility index (Phi) is 3.26. The monoisotopic (exact) mass is 200 g/mol. The molecule has 2 atom stereocenters. The summed E-state index contributed by atoms with van der Waals surface area (Å²) in [6.45, 7) is 1.73. The van der Waals surface area contributed by atoms with Crippen LogP contribution in [0.4, 0.5) is 0 Å². The summed E-state index contributed by atoms with van der Waals surface area (Å²) >= 11 is 0. The first kappa shape index (κ1) is 11.2. The predicted octanol–water partition coefficient (Wildman–Crippen LogP) is 0.971. The van der Waals surface area contributed by atoms with Gasteiger partial charge < -0.3 is 10.2 Å². The van der Waals surface area contributed by atoms with Gasteiger partial charge in [-0.15, -0.1) is 0 Å². The van der Waals surface area contributed by atoms with Crippen LogP contribution >= 0.6 is 0 Å². The van der Waals surface area contributed by atoms with Crippen molar-refractivity contribution in [1.29, 1.82) is 0 Å². The van der Waals surface area contributed by atoms with Crippen molar-refractivity contribution in [3.63, 3.8) is 0 Å². The van der Waals surface area contributed by atoms with Crippen LogP contribution in [0.3, 0.4) is 0 Å². The quantitative estimate of drug-likeness (QED) is 0.709. The van der Waals surface area contributed by atoms with Gasteiger partial charge in [0.2, 0.25) is 0 Å². The van der Waals surface area contributed by atoms with Crippen molar-refractivity contribution >= 4 is 11.8 Å². The van der Waals surface area contributed by atoms with Crippen LogP contribution in [0, 0.1) is 5.41 Å². The summed E-state index contributed by atoms with van der Waals surface area (Å²) in [4.78, 5) is 21.8. The number of aliphatic hydroxyl groups excluding tert-OH is 1. The summed E-state index contributed by atoms with van der Waals surface area (Å²) in [6, 6.07) is 0. The Hall–Kier alpha value is -0.900. The number of Topliss-reactive ketones (excluding diaryl/α,β-unsaturated/α-hetero) is 1. The highest BCUT2D eigenvalue weighted by Crippen LogP contribution is 2.38. The van der Waals surface area contributed by atoms with Gasteiger partial charge in [0.15, 0.2) is 0 Å². The molecule has 1 aliphatic rings. The lowest BCUT2D eigenvalue weighted by molar-refractivity contribution is -0.138. The van der Waals surface area contributed by atoms with Crippen LogP contribution in [-0.4, -0.2) is 28.1 Å². The highest BCUT2D eigenvalue weighted by molar-refractivity contribution is 5.87. The third-order valence-corrected chi connectivity index (χ3v) is 3.10. The second-order valence-electron chi connectivity index (χ2n) is 4.14. The van der Waals surface area contributed by atoms with Crippen LogP contribution in [0.2, 0.25) is 0 Å². The number of carbonyl (C=O) groups is 2. The maximum Gasteiger partial charge on any atom is 0.303 e. The molecule has 1 rings (SSSR count). The first-order valence-corrected chi connectivity index (χ1v) is 4.90. The third-order valence-electron chi connectivity index (χ3n) is 3.10. The lowest BCUT2D eigenvalue weighted by Crippen LogP contribution is -2.32. The summed E-state index contributed by atoms with van der Waals surface area (Å²) < 4.78 is 0. The molecule has 0 bridgehead atoms. The highest BCUT2D eigenvalue weighted by atomic mass is 16.4. The molecule has 2 N–H and O–H groups in total. The minimum Gasteiger partial charge on any atom is -0.481 e. The Morgan fingerprint density at radius 2 is 2.29 bits per heavy atom. The molecule has 0 amide bonds. The Bertz CT molecular complexity index is 249. The molecular formula is C10H16O4. The molecule has 0 saturated heterocycles. The molecule has 0 spiro atoms. The van der Waals surface area contributed by atoms with Crippen LogP contribution in [0.25, 0.3) is 0 Å². The number of ketones is 1. The van der Waals surface area contributed by atoms with E-state index in [4.69, 9.17) is 5.11 Å². The molecule has 4 nitrogen and oxygen atoms in total. The van der Waals surface area contributed by atoms with Gasteiger partial charge in [-0.2, -0.15) is 0 Å². The smallest absolute Gasteiger partial charge is 0.303 e. The van der Waals surface area contributed by atoms with Crippen molar-refractivity contribution in [3.8, 4) is 0 Å². The van der Waals surface area contributed by atoms with Crippen molar-refractivity contribution in [1.82, 2.24) is 0 Å². The van der Waals surface area contributed by atoms with E-state index in [0.717, 1.165) is 0 Å². The lowest BCUT2D eigenvalue weighted by Gasteiger charge is -2.25. The molecule has 14 heavy (non-hydrogen) atoms. The molecule has 4 heteroatoms. The number of carboxylic acids is 1. The molecule has 1 saturated carbocycles. The molecule has 0 aromatic heterocycles. The van der Waals surface area contributed by atoms with E-state index in [0.29, 0.717) is 25.7 Å². The van der Waals surface area contributed by atoms with Gasteiger partial charge in [0.1, 0.15) is 5.78 Å². The number of rotatable bonds is 4. The van der Waals surface area contributed by atoms with E-state index in [1.807, 2.05) is 0 Å². The van der Waals surface area contributed by atoms with Crippen molar-refractivity contribution in [2.75, 3.05) is 0 Å². The van der Waals surface area contributed by atoms with E-state index >= 15 is 0 Å². The average molecular weight is 200 g/mol. The van der Waals surface area contributed by atoms with Gasteiger partial charge in [0.05, 0.1) is 11.5 Å². The van der Waals surface area contributed by atoms with Crippen LogP contribution < -0.4 is 0 Å². The second-order valence-corrected chi connectivity index (χ2v) is 4.14. The number of hydrogen-bond acceptors (Lipinski definition) is 3. The van der Waals surface area contributed by atoms with Crippen LogP contribution in [-0.2, 0) is 9.59 Å². The lowest BCUT2D eigenvalue weighted by atomic mass is 9.80.